The van der Waals surface area contributed by atoms with Crippen LogP contribution in [0.5, 0.6) is 0 Å². The molecule has 0 radical (unpaired) electrons. The van der Waals surface area contributed by atoms with Crippen LogP contribution in [0, 0.1) is 0 Å². The third-order valence-electron chi connectivity index (χ3n) is 4.81. The average Bonchev–Trinajstić information content (AvgIpc) is 2.66. The van der Waals surface area contributed by atoms with Gasteiger partial charge in [-0.3, -0.25) is 0 Å². The molecule has 2 heteroatoms. The molecular formula is C24H42O2. The summed E-state index contributed by atoms with van der Waals surface area (Å²) in [7, 11) is 0. The highest BCUT2D eigenvalue weighted by Crippen LogP contribution is 2.10. The molecule has 0 N–H and O–H groups in total. The summed E-state index contributed by atoms with van der Waals surface area (Å²) in [5.74, 6) is 0. The summed E-state index contributed by atoms with van der Waals surface area (Å²) < 4.78 is 11.7. The van der Waals surface area contributed by atoms with Gasteiger partial charge in [0, 0.05) is 13.2 Å². The van der Waals surface area contributed by atoms with Crippen molar-refractivity contribution in [2.24, 2.45) is 0 Å². The van der Waals surface area contributed by atoms with Crippen molar-refractivity contribution in [1.29, 1.82) is 0 Å². The minimum atomic E-state index is 0.722. The second-order valence-corrected chi connectivity index (χ2v) is 7.46. The first-order valence-corrected chi connectivity index (χ1v) is 11.1. The van der Waals surface area contributed by atoms with Crippen LogP contribution in [0.15, 0.2) is 24.3 Å². The van der Waals surface area contributed by atoms with Crippen LogP contribution >= 0.6 is 0 Å². The van der Waals surface area contributed by atoms with E-state index in [1.807, 2.05) is 0 Å². The third-order valence-corrected chi connectivity index (χ3v) is 4.81. The Hall–Kier alpha value is -0.860. The molecule has 0 fully saturated rings. The lowest BCUT2D eigenvalue weighted by molar-refractivity contribution is 0.113. The van der Waals surface area contributed by atoms with E-state index in [0.29, 0.717) is 0 Å². The predicted molar refractivity (Wildman–Crippen MR) is 113 cm³/mol. The van der Waals surface area contributed by atoms with Crippen molar-refractivity contribution in [3.8, 4) is 0 Å². The fraction of sp³-hybridized carbons (Fsp3) is 0.750. The van der Waals surface area contributed by atoms with E-state index in [-0.39, 0.29) is 0 Å². The summed E-state index contributed by atoms with van der Waals surface area (Å²) in [5.41, 5.74) is 2.52. The van der Waals surface area contributed by atoms with Gasteiger partial charge >= 0.3 is 0 Å². The molecule has 0 saturated heterocycles. The third kappa shape index (κ3) is 13.4. The van der Waals surface area contributed by atoms with Gasteiger partial charge in [0.1, 0.15) is 0 Å². The molecule has 0 aromatic heterocycles. The fourth-order valence-corrected chi connectivity index (χ4v) is 3.16. The number of ether oxygens (including phenoxy) is 2. The average molecular weight is 363 g/mol. The zero-order valence-electron chi connectivity index (χ0n) is 17.4. The van der Waals surface area contributed by atoms with Crippen molar-refractivity contribution < 1.29 is 9.47 Å². The summed E-state index contributed by atoms with van der Waals surface area (Å²) in [6.07, 6.45) is 15.8. The van der Waals surface area contributed by atoms with E-state index >= 15 is 0 Å². The molecule has 150 valence electrons. The maximum Gasteiger partial charge on any atom is 0.0716 e. The first-order valence-electron chi connectivity index (χ1n) is 11.1. The Morgan fingerprint density at radius 2 is 1.00 bits per heavy atom. The molecule has 0 spiro atoms. The molecule has 26 heavy (non-hydrogen) atoms. The molecule has 1 aromatic rings. The molecule has 0 amide bonds. The summed E-state index contributed by atoms with van der Waals surface area (Å²) in [5, 5.41) is 0. The predicted octanol–water partition coefficient (Wildman–Crippen LogP) is 7.44. The largest absolute Gasteiger partial charge is 0.377 e. The lowest BCUT2D eigenvalue weighted by Gasteiger charge is -2.08. The monoisotopic (exact) mass is 362 g/mol. The van der Waals surface area contributed by atoms with Gasteiger partial charge in [0.2, 0.25) is 0 Å². The Morgan fingerprint density at radius 3 is 1.46 bits per heavy atom. The van der Waals surface area contributed by atoms with E-state index < -0.39 is 0 Å². The Labute approximate surface area is 162 Å². The van der Waals surface area contributed by atoms with Crippen molar-refractivity contribution >= 4 is 0 Å². The van der Waals surface area contributed by atoms with Gasteiger partial charge in [-0.15, -0.1) is 0 Å². The number of hydrogen-bond donors (Lipinski definition) is 0. The Bertz CT molecular complexity index is 381. The van der Waals surface area contributed by atoms with Crippen LogP contribution < -0.4 is 0 Å². The van der Waals surface area contributed by atoms with Gasteiger partial charge in [0.05, 0.1) is 13.2 Å². The number of benzene rings is 1. The molecule has 0 unspecified atom stereocenters. The number of hydrogen-bond acceptors (Lipinski definition) is 2. The van der Waals surface area contributed by atoms with Crippen molar-refractivity contribution in [2.45, 2.75) is 104 Å². The smallest absolute Gasteiger partial charge is 0.0716 e. The molecule has 0 aliphatic heterocycles. The van der Waals surface area contributed by atoms with Crippen LogP contribution in [0.1, 0.15) is 102 Å². The first-order chi connectivity index (χ1) is 12.9. The van der Waals surface area contributed by atoms with Crippen LogP contribution in [-0.4, -0.2) is 13.2 Å². The van der Waals surface area contributed by atoms with Crippen LogP contribution in [-0.2, 0) is 22.7 Å². The lowest BCUT2D eigenvalue weighted by atomic mass is 10.1. The molecule has 0 saturated carbocycles. The minimum absolute atomic E-state index is 0.722. The highest BCUT2D eigenvalue weighted by Gasteiger charge is 1.98. The SMILES string of the molecule is CCCCCCCCOCc1cccc(COCCCCCCCC)c1. The van der Waals surface area contributed by atoms with E-state index in [4.69, 9.17) is 9.47 Å². The zero-order chi connectivity index (χ0) is 18.7. The lowest BCUT2D eigenvalue weighted by Crippen LogP contribution is -1.99. The van der Waals surface area contributed by atoms with Gasteiger partial charge in [-0.2, -0.15) is 0 Å². The number of unbranched alkanes of at least 4 members (excludes halogenated alkanes) is 10. The normalized spacial score (nSPS) is 11.2. The van der Waals surface area contributed by atoms with Gasteiger partial charge in [-0.1, -0.05) is 102 Å². The van der Waals surface area contributed by atoms with Crippen LogP contribution in [0.25, 0.3) is 0 Å². The van der Waals surface area contributed by atoms with Gasteiger partial charge in [-0.05, 0) is 24.0 Å². The second kappa shape index (κ2) is 17.5. The van der Waals surface area contributed by atoms with Crippen molar-refractivity contribution in [1.82, 2.24) is 0 Å². The van der Waals surface area contributed by atoms with E-state index in [2.05, 4.69) is 38.1 Å². The summed E-state index contributed by atoms with van der Waals surface area (Å²) in [6.45, 7) is 7.73. The molecule has 0 bridgehead atoms. The van der Waals surface area contributed by atoms with E-state index in [1.54, 1.807) is 0 Å². The Balaban J connectivity index is 2.03. The summed E-state index contributed by atoms with van der Waals surface area (Å²) in [6, 6.07) is 8.65. The summed E-state index contributed by atoms with van der Waals surface area (Å²) in [4.78, 5) is 0. The van der Waals surface area contributed by atoms with Gasteiger partial charge in [0.15, 0.2) is 0 Å². The van der Waals surface area contributed by atoms with Crippen LogP contribution in [0.3, 0.4) is 0 Å². The highest BCUT2D eigenvalue weighted by atomic mass is 16.5. The molecule has 0 aliphatic carbocycles. The van der Waals surface area contributed by atoms with Crippen molar-refractivity contribution in [3.63, 3.8) is 0 Å². The standard InChI is InChI=1S/C24H42O2/c1-3-5-7-9-11-13-18-25-21-23-16-15-17-24(20-23)22-26-19-14-12-10-8-6-4-2/h15-17,20H,3-14,18-19,21-22H2,1-2H3. The molecule has 0 heterocycles. The van der Waals surface area contributed by atoms with E-state index in [1.165, 1.54) is 88.2 Å². The van der Waals surface area contributed by atoms with Gasteiger partial charge < -0.3 is 9.47 Å². The second-order valence-electron chi connectivity index (χ2n) is 7.46. The van der Waals surface area contributed by atoms with Gasteiger partial charge in [-0.25, -0.2) is 0 Å². The summed E-state index contributed by atoms with van der Waals surface area (Å²) >= 11 is 0. The van der Waals surface area contributed by atoms with Crippen molar-refractivity contribution in [3.05, 3.63) is 35.4 Å². The van der Waals surface area contributed by atoms with E-state index in [0.717, 1.165) is 26.4 Å². The fourth-order valence-electron chi connectivity index (χ4n) is 3.16. The van der Waals surface area contributed by atoms with Crippen molar-refractivity contribution in [2.75, 3.05) is 13.2 Å². The Kier molecular flexibility index (Phi) is 15.6. The molecule has 2 nitrogen and oxygen atoms in total. The van der Waals surface area contributed by atoms with Crippen LogP contribution in [0.4, 0.5) is 0 Å². The van der Waals surface area contributed by atoms with Gasteiger partial charge in [0.25, 0.3) is 0 Å². The first kappa shape index (κ1) is 23.2. The highest BCUT2D eigenvalue weighted by molar-refractivity contribution is 5.22. The quantitative estimate of drug-likeness (QED) is 0.253. The Morgan fingerprint density at radius 1 is 0.577 bits per heavy atom. The molecule has 0 atom stereocenters. The maximum absolute atomic E-state index is 5.83. The molecule has 1 rings (SSSR count). The van der Waals surface area contributed by atoms with Crippen LogP contribution in [0.2, 0.25) is 0 Å². The van der Waals surface area contributed by atoms with E-state index in [9.17, 15) is 0 Å². The topological polar surface area (TPSA) is 18.5 Å². The number of rotatable bonds is 18. The molecule has 1 aromatic carbocycles. The minimum Gasteiger partial charge on any atom is -0.377 e. The molecule has 0 aliphatic rings. The maximum atomic E-state index is 5.83. The zero-order valence-corrected chi connectivity index (χ0v) is 17.4. The molecular weight excluding hydrogens is 320 g/mol.